The molecule has 0 saturated carbocycles. The van der Waals surface area contributed by atoms with E-state index >= 15 is 0 Å². The van der Waals surface area contributed by atoms with Crippen LogP contribution in [0.2, 0.25) is 0 Å². The highest BCUT2D eigenvalue weighted by Crippen LogP contribution is 2.36. The highest BCUT2D eigenvalue weighted by atomic mass is 16.7. The molecule has 0 aromatic heterocycles. The Bertz CT molecular complexity index is 587. The summed E-state index contributed by atoms with van der Waals surface area (Å²) in [5.74, 6) is 0.279. The lowest BCUT2D eigenvalue weighted by molar-refractivity contribution is 0.00578. The average Bonchev–Trinajstić information content (AvgIpc) is 2.75. The van der Waals surface area contributed by atoms with Crippen molar-refractivity contribution in [2.45, 2.75) is 38.9 Å². The van der Waals surface area contributed by atoms with E-state index < -0.39 is 18.3 Å². The molecule has 0 atom stereocenters. The fourth-order valence-electron chi connectivity index (χ4n) is 2.34. The molecule has 6 nitrogen and oxygen atoms in total. The van der Waals surface area contributed by atoms with Crippen LogP contribution in [0, 0.1) is 0 Å². The van der Waals surface area contributed by atoms with Crippen molar-refractivity contribution in [1.29, 1.82) is 0 Å². The largest absolute Gasteiger partial charge is 0.494 e. The molecule has 0 aliphatic carbocycles. The highest BCUT2D eigenvalue weighted by Gasteiger charge is 2.51. The monoisotopic (exact) mass is 335 g/mol. The van der Waals surface area contributed by atoms with Gasteiger partial charge in [-0.25, -0.2) is 0 Å². The number of amides is 1. The Kier molecular flexibility index (Phi) is 5.57. The third kappa shape index (κ3) is 3.74. The molecule has 1 fully saturated rings. The Hall–Kier alpha value is -1.57. The molecule has 0 spiro atoms. The van der Waals surface area contributed by atoms with E-state index in [4.69, 9.17) is 18.8 Å². The molecule has 1 aliphatic heterocycles. The van der Waals surface area contributed by atoms with Crippen LogP contribution in [0.3, 0.4) is 0 Å². The van der Waals surface area contributed by atoms with Gasteiger partial charge in [-0.2, -0.15) is 0 Å². The quantitative estimate of drug-likeness (QED) is 0.628. The number of rotatable bonds is 6. The van der Waals surface area contributed by atoms with Crippen LogP contribution in [-0.2, 0) is 14.0 Å². The minimum atomic E-state index is -0.501. The van der Waals surface area contributed by atoms with Gasteiger partial charge in [-0.05, 0) is 45.3 Å². The van der Waals surface area contributed by atoms with Gasteiger partial charge in [0.25, 0.3) is 5.91 Å². The molecule has 0 unspecified atom stereocenters. The van der Waals surface area contributed by atoms with Crippen LogP contribution in [0.5, 0.6) is 5.75 Å². The third-order valence-corrected chi connectivity index (χ3v) is 4.55. The van der Waals surface area contributed by atoms with Crippen LogP contribution in [0.4, 0.5) is 0 Å². The van der Waals surface area contributed by atoms with Crippen LogP contribution < -0.4 is 15.5 Å². The Morgan fingerprint density at radius 2 is 1.79 bits per heavy atom. The minimum Gasteiger partial charge on any atom is -0.490 e. The Morgan fingerprint density at radius 3 is 2.33 bits per heavy atom. The summed E-state index contributed by atoms with van der Waals surface area (Å²) in [6, 6.07) is 5.35. The fourth-order valence-corrected chi connectivity index (χ4v) is 2.34. The van der Waals surface area contributed by atoms with Crippen molar-refractivity contribution in [2.24, 2.45) is 0 Å². The molecule has 132 valence electrons. The topological polar surface area (TPSA) is 66.0 Å². The Balaban J connectivity index is 2.29. The number of carbonyl (C=O) groups excluding carboxylic acids is 1. The van der Waals surface area contributed by atoms with Crippen LogP contribution in [0.1, 0.15) is 38.1 Å². The smallest absolute Gasteiger partial charge is 0.490 e. The van der Waals surface area contributed by atoms with E-state index in [2.05, 4.69) is 5.32 Å². The number of nitrogens with one attached hydrogen (secondary N) is 1. The second-order valence-electron chi connectivity index (χ2n) is 6.76. The number of benzene rings is 1. The van der Waals surface area contributed by atoms with Crippen molar-refractivity contribution >= 4 is 18.5 Å². The van der Waals surface area contributed by atoms with Crippen LogP contribution >= 0.6 is 0 Å². The first kappa shape index (κ1) is 18.8. The van der Waals surface area contributed by atoms with E-state index in [0.717, 1.165) is 5.46 Å². The summed E-state index contributed by atoms with van der Waals surface area (Å²) in [5.41, 5.74) is 0.435. The lowest BCUT2D eigenvalue weighted by Gasteiger charge is -2.32. The molecule has 1 saturated heterocycles. The molecule has 0 radical (unpaired) electrons. The van der Waals surface area contributed by atoms with Gasteiger partial charge < -0.3 is 24.1 Å². The number of hydrogen-bond acceptors (Lipinski definition) is 5. The van der Waals surface area contributed by atoms with Crippen molar-refractivity contribution in [3.63, 3.8) is 0 Å². The van der Waals surface area contributed by atoms with Crippen molar-refractivity contribution in [3.05, 3.63) is 23.8 Å². The summed E-state index contributed by atoms with van der Waals surface area (Å²) >= 11 is 0. The van der Waals surface area contributed by atoms with Crippen molar-refractivity contribution in [1.82, 2.24) is 5.32 Å². The van der Waals surface area contributed by atoms with Gasteiger partial charge in [-0.15, -0.1) is 0 Å². The molecule has 7 heteroatoms. The maximum Gasteiger partial charge on any atom is 0.494 e. The normalized spacial score (nSPS) is 18.5. The summed E-state index contributed by atoms with van der Waals surface area (Å²) in [6.45, 7) is 8.80. The molecule has 1 aliphatic rings. The summed E-state index contributed by atoms with van der Waals surface area (Å²) in [4.78, 5) is 12.0. The highest BCUT2D eigenvalue weighted by molar-refractivity contribution is 6.62. The zero-order valence-electron chi connectivity index (χ0n) is 15.3. The number of hydrogen-bond donors (Lipinski definition) is 1. The Morgan fingerprint density at radius 1 is 1.17 bits per heavy atom. The molecule has 2 rings (SSSR count). The molecule has 1 aromatic carbocycles. The lowest BCUT2D eigenvalue weighted by Crippen LogP contribution is -2.41. The molecular weight excluding hydrogens is 309 g/mol. The van der Waals surface area contributed by atoms with E-state index in [1.165, 1.54) is 0 Å². The minimum absolute atomic E-state index is 0.206. The van der Waals surface area contributed by atoms with E-state index in [1.54, 1.807) is 26.3 Å². The van der Waals surface area contributed by atoms with Gasteiger partial charge in [0, 0.05) is 14.2 Å². The first-order valence-electron chi connectivity index (χ1n) is 8.05. The van der Waals surface area contributed by atoms with E-state index in [0.29, 0.717) is 24.5 Å². The van der Waals surface area contributed by atoms with E-state index in [-0.39, 0.29) is 5.91 Å². The van der Waals surface area contributed by atoms with Gasteiger partial charge >= 0.3 is 7.12 Å². The molecule has 1 aromatic rings. The van der Waals surface area contributed by atoms with E-state index in [9.17, 15) is 4.79 Å². The SMILES string of the molecule is CNC(=O)c1ccc(B2OC(C)(C)C(C)(C)O2)cc1OCCOC. The predicted molar refractivity (Wildman–Crippen MR) is 92.9 cm³/mol. The van der Waals surface area contributed by atoms with E-state index in [1.807, 2.05) is 33.8 Å². The summed E-state index contributed by atoms with van der Waals surface area (Å²) in [7, 11) is 2.69. The summed E-state index contributed by atoms with van der Waals surface area (Å²) < 4.78 is 22.8. The van der Waals surface area contributed by atoms with Crippen molar-refractivity contribution in [2.75, 3.05) is 27.4 Å². The first-order valence-corrected chi connectivity index (χ1v) is 8.05. The first-order chi connectivity index (χ1) is 11.2. The second kappa shape index (κ2) is 7.13. The van der Waals surface area contributed by atoms with Gasteiger partial charge in [0.15, 0.2) is 0 Å². The molecule has 24 heavy (non-hydrogen) atoms. The lowest BCUT2D eigenvalue weighted by atomic mass is 9.78. The summed E-state index contributed by atoms with van der Waals surface area (Å²) in [5, 5.41) is 2.61. The average molecular weight is 335 g/mol. The molecular formula is C17H26BNO5. The second-order valence-corrected chi connectivity index (χ2v) is 6.76. The molecule has 1 heterocycles. The zero-order chi connectivity index (χ0) is 18.0. The molecule has 1 N–H and O–H groups in total. The van der Waals surface area contributed by atoms with Crippen molar-refractivity contribution in [3.8, 4) is 5.75 Å². The third-order valence-electron chi connectivity index (χ3n) is 4.55. The van der Waals surface area contributed by atoms with Crippen LogP contribution in [0.25, 0.3) is 0 Å². The van der Waals surface area contributed by atoms with Gasteiger partial charge in [-0.1, -0.05) is 6.07 Å². The molecule has 1 amide bonds. The zero-order valence-corrected chi connectivity index (χ0v) is 15.3. The summed E-state index contributed by atoms with van der Waals surface area (Å²) in [6.07, 6.45) is 0. The number of ether oxygens (including phenoxy) is 2. The van der Waals surface area contributed by atoms with Crippen LogP contribution in [-0.4, -0.2) is 51.6 Å². The standard InChI is InChI=1S/C17H26BNO5/c1-16(2)17(3,4)24-18(23-16)12-7-8-13(15(20)19-5)14(11-12)22-10-9-21-6/h7-8,11H,9-10H2,1-6H3,(H,19,20). The fraction of sp³-hybridized carbons (Fsp3) is 0.588. The Labute approximate surface area is 143 Å². The number of carbonyl (C=O) groups is 1. The maximum atomic E-state index is 12.0. The van der Waals surface area contributed by atoms with Gasteiger partial charge in [0.1, 0.15) is 12.4 Å². The number of methoxy groups -OCH3 is 1. The van der Waals surface area contributed by atoms with Gasteiger partial charge in [0.05, 0.1) is 23.4 Å². The maximum absolute atomic E-state index is 12.0. The predicted octanol–water partition coefficient (Wildman–Crippen LogP) is 1.37. The van der Waals surface area contributed by atoms with Gasteiger partial charge in [0.2, 0.25) is 0 Å². The van der Waals surface area contributed by atoms with Crippen LogP contribution in [0.15, 0.2) is 18.2 Å². The molecule has 0 bridgehead atoms. The van der Waals surface area contributed by atoms with Gasteiger partial charge in [-0.3, -0.25) is 4.79 Å². The van der Waals surface area contributed by atoms with Crippen molar-refractivity contribution < 1.29 is 23.6 Å².